The first-order valence-corrected chi connectivity index (χ1v) is 6.38. The molecule has 0 aromatic rings. The predicted octanol–water partition coefficient (Wildman–Crippen LogP) is 3.45. The van der Waals surface area contributed by atoms with E-state index in [0.717, 1.165) is 25.2 Å². The van der Waals surface area contributed by atoms with Crippen LogP contribution < -0.4 is 5.32 Å². The molecule has 2 aliphatic rings. The van der Waals surface area contributed by atoms with E-state index in [9.17, 15) is 17.6 Å². The summed E-state index contributed by atoms with van der Waals surface area (Å²) in [6.07, 6.45) is 2.85. The van der Waals surface area contributed by atoms with Gasteiger partial charge in [0, 0.05) is 6.04 Å². The zero-order valence-electron chi connectivity index (χ0n) is 9.77. The highest BCUT2D eigenvalue weighted by atomic mass is 19.3. The summed E-state index contributed by atoms with van der Waals surface area (Å²) in [4.78, 5) is 0. The Hall–Kier alpha value is -0.320. The normalized spacial score (nSPS) is 30.9. The summed E-state index contributed by atoms with van der Waals surface area (Å²) in [6.45, 7) is -0.896. The second-order valence-corrected chi connectivity index (χ2v) is 5.40. The quantitative estimate of drug-likeness (QED) is 0.740. The van der Waals surface area contributed by atoms with E-state index < -0.39 is 18.9 Å². The second kappa shape index (κ2) is 5.12. The smallest absolute Gasteiger partial charge is 0.308 e. The van der Waals surface area contributed by atoms with Crippen LogP contribution in [0.25, 0.3) is 0 Å². The zero-order chi connectivity index (χ0) is 12.5. The molecule has 0 bridgehead atoms. The van der Waals surface area contributed by atoms with Gasteiger partial charge in [0.15, 0.2) is 0 Å². The Morgan fingerprint density at radius 1 is 1.06 bits per heavy atom. The molecule has 0 amide bonds. The molecule has 2 unspecified atom stereocenters. The number of rotatable bonds is 5. The summed E-state index contributed by atoms with van der Waals surface area (Å²) >= 11 is 0. The molecule has 1 N–H and O–H groups in total. The van der Waals surface area contributed by atoms with Gasteiger partial charge in [-0.2, -0.15) is 8.78 Å². The van der Waals surface area contributed by atoms with Crippen molar-refractivity contribution in [1.29, 1.82) is 0 Å². The first-order chi connectivity index (χ1) is 7.99. The minimum absolute atomic E-state index is 0.000949. The van der Waals surface area contributed by atoms with Crippen LogP contribution in [0, 0.1) is 11.8 Å². The van der Waals surface area contributed by atoms with E-state index in [1.807, 2.05) is 0 Å². The Bertz CT molecular complexity index is 253. The van der Waals surface area contributed by atoms with Crippen LogP contribution in [0.1, 0.15) is 38.5 Å². The highest BCUT2D eigenvalue weighted by molar-refractivity contribution is 4.88. The van der Waals surface area contributed by atoms with Crippen molar-refractivity contribution in [3.8, 4) is 0 Å². The fraction of sp³-hybridized carbons (Fsp3) is 1.00. The SMILES string of the molecule is FC(F)C(F)(F)CNC1CCCC(C2CC2)C1. The molecule has 2 rings (SSSR count). The summed E-state index contributed by atoms with van der Waals surface area (Å²) in [6, 6.07) is -0.000949. The maximum atomic E-state index is 12.8. The van der Waals surface area contributed by atoms with Crippen LogP contribution in [0.4, 0.5) is 17.6 Å². The molecule has 0 aromatic carbocycles. The lowest BCUT2D eigenvalue weighted by atomic mass is 9.82. The van der Waals surface area contributed by atoms with Crippen molar-refractivity contribution in [1.82, 2.24) is 5.32 Å². The molecular formula is C12H19F4N. The van der Waals surface area contributed by atoms with E-state index in [-0.39, 0.29) is 6.04 Å². The molecule has 0 spiro atoms. The van der Waals surface area contributed by atoms with Crippen LogP contribution in [0.5, 0.6) is 0 Å². The molecule has 2 atom stereocenters. The van der Waals surface area contributed by atoms with Gasteiger partial charge in [-0.25, -0.2) is 8.78 Å². The van der Waals surface area contributed by atoms with Gasteiger partial charge in [-0.15, -0.1) is 0 Å². The molecule has 1 nitrogen and oxygen atoms in total. The molecule has 0 saturated heterocycles. The molecule has 5 heteroatoms. The lowest BCUT2D eigenvalue weighted by Gasteiger charge is -2.31. The van der Waals surface area contributed by atoms with Crippen LogP contribution >= 0.6 is 0 Å². The van der Waals surface area contributed by atoms with Gasteiger partial charge in [-0.3, -0.25) is 0 Å². The van der Waals surface area contributed by atoms with Gasteiger partial charge in [0.2, 0.25) is 0 Å². The fourth-order valence-electron chi connectivity index (χ4n) is 2.77. The molecule has 0 radical (unpaired) electrons. The first kappa shape index (κ1) is 13.1. The number of halogens is 4. The molecule has 0 aromatic heterocycles. The Labute approximate surface area is 99.0 Å². The van der Waals surface area contributed by atoms with Crippen LogP contribution in [-0.4, -0.2) is 24.9 Å². The van der Waals surface area contributed by atoms with Crippen molar-refractivity contribution < 1.29 is 17.6 Å². The monoisotopic (exact) mass is 253 g/mol. The number of hydrogen-bond donors (Lipinski definition) is 1. The van der Waals surface area contributed by atoms with Crippen molar-refractivity contribution >= 4 is 0 Å². The van der Waals surface area contributed by atoms with Crippen LogP contribution in [0.15, 0.2) is 0 Å². The summed E-state index contributed by atoms with van der Waals surface area (Å²) in [5.74, 6) is -2.50. The van der Waals surface area contributed by atoms with Crippen molar-refractivity contribution in [3.05, 3.63) is 0 Å². The minimum Gasteiger partial charge on any atom is -0.308 e. The lowest BCUT2D eigenvalue weighted by molar-refractivity contribution is -0.126. The third-order valence-corrected chi connectivity index (χ3v) is 3.95. The highest BCUT2D eigenvalue weighted by Crippen LogP contribution is 2.43. The van der Waals surface area contributed by atoms with Gasteiger partial charge in [0.1, 0.15) is 0 Å². The lowest BCUT2D eigenvalue weighted by Crippen LogP contribution is -2.44. The van der Waals surface area contributed by atoms with Crippen molar-refractivity contribution in [2.24, 2.45) is 11.8 Å². The third-order valence-electron chi connectivity index (χ3n) is 3.95. The van der Waals surface area contributed by atoms with E-state index >= 15 is 0 Å². The van der Waals surface area contributed by atoms with Gasteiger partial charge < -0.3 is 5.32 Å². The second-order valence-electron chi connectivity index (χ2n) is 5.40. The largest absolute Gasteiger partial charge is 0.319 e. The highest BCUT2D eigenvalue weighted by Gasteiger charge is 2.41. The van der Waals surface area contributed by atoms with Crippen molar-refractivity contribution in [3.63, 3.8) is 0 Å². The summed E-state index contributed by atoms with van der Waals surface area (Å²) in [5, 5.41) is 2.63. The molecule has 17 heavy (non-hydrogen) atoms. The van der Waals surface area contributed by atoms with Gasteiger partial charge >= 0.3 is 12.3 Å². The van der Waals surface area contributed by atoms with Gasteiger partial charge in [0.25, 0.3) is 0 Å². The van der Waals surface area contributed by atoms with E-state index in [1.54, 1.807) is 0 Å². The molecule has 2 fully saturated rings. The third kappa shape index (κ3) is 3.57. The number of alkyl halides is 4. The zero-order valence-corrected chi connectivity index (χ0v) is 9.77. The van der Waals surface area contributed by atoms with Gasteiger partial charge in [-0.05, 0) is 37.5 Å². The molecule has 0 aliphatic heterocycles. The standard InChI is InChI=1S/C12H19F4N/c13-11(14)12(15,16)7-17-10-3-1-2-9(6-10)8-4-5-8/h8-11,17H,1-7H2. The topological polar surface area (TPSA) is 12.0 Å². The van der Waals surface area contributed by atoms with E-state index in [4.69, 9.17) is 0 Å². The fourth-order valence-corrected chi connectivity index (χ4v) is 2.77. The van der Waals surface area contributed by atoms with Gasteiger partial charge in [0.05, 0.1) is 6.54 Å². The predicted molar refractivity (Wildman–Crippen MR) is 57.4 cm³/mol. The van der Waals surface area contributed by atoms with E-state index in [1.165, 1.54) is 19.3 Å². The maximum absolute atomic E-state index is 12.8. The summed E-state index contributed by atoms with van der Waals surface area (Å²) < 4.78 is 49.5. The summed E-state index contributed by atoms with van der Waals surface area (Å²) in [7, 11) is 0. The van der Waals surface area contributed by atoms with E-state index in [0.29, 0.717) is 5.92 Å². The van der Waals surface area contributed by atoms with Crippen LogP contribution in [0.2, 0.25) is 0 Å². The van der Waals surface area contributed by atoms with Gasteiger partial charge in [-0.1, -0.05) is 12.8 Å². The molecule has 100 valence electrons. The first-order valence-electron chi connectivity index (χ1n) is 6.38. The van der Waals surface area contributed by atoms with Crippen LogP contribution in [0.3, 0.4) is 0 Å². The van der Waals surface area contributed by atoms with Crippen molar-refractivity contribution in [2.45, 2.75) is 56.9 Å². The molecule has 2 saturated carbocycles. The minimum atomic E-state index is -3.90. The number of hydrogen-bond acceptors (Lipinski definition) is 1. The average molecular weight is 253 g/mol. The van der Waals surface area contributed by atoms with Crippen molar-refractivity contribution in [2.75, 3.05) is 6.54 Å². The molecule has 2 aliphatic carbocycles. The Morgan fingerprint density at radius 3 is 2.35 bits per heavy atom. The van der Waals surface area contributed by atoms with E-state index in [2.05, 4.69) is 5.32 Å². The Balaban J connectivity index is 1.74. The Kier molecular flexibility index (Phi) is 3.95. The molecule has 0 heterocycles. The number of nitrogens with one attached hydrogen (secondary N) is 1. The molecular weight excluding hydrogens is 234 g/mol. The maximum Gasteiger partial charge on any atom is 0.319 e. The summed E-state index contributed by atoms with van der Waals surface area (Å²) in [5.41, 5.74) is 0. The Morgan fingerprint density at radius 2 is 1.76 bits per heavy atom. The average Bonchev–Trinajstić information content (AvgIpc) is 3.10. The van der Waals surface area contributed by atoms with Crippen LogP contribution in [-0.2, 0) is 0 Å².